The van der Waals surface area contributed by atoms with Crippen LogP contribution in [0.4, 0.5) is 0 Å². The molecule has 2 nitrogen and oxygen atoms in total. The molecule has 0 saturated carbocycles. The number of rotatable bonds is 4. The topological polar surface area (TPSA) is 22.4 Å². The predicted octanol–water partition coefficient (Wildman–Crippen LogP) is 14.0. The van der Waals surface area contributed by atoms with Crippen molar-refractivity contribution in [3.8, 4) is 50.3 Å². The van der Waals surface area contributed by atoms with Crippen molar-refractivity contribution in [1.29, 1.82) is 0 Å². The maximum Gasteiger partial charge on any atom is 0.139 e. The van der Waals surface area contributed by atoms with Crippen LogP contribution in [-0.2, 0) is 6.42 Å². The molecule has 0 radical (unpaired) electrons. The molecule has 2 aliphatic rings. The summed E-state index contributed by atoms with van der Waals surface area (Å²) in [4.78, 5) is 0. The zero-order valence-electron chi connectivity index (χ0n) is 32.9. The van der Waals surface area contributed by atoms with Gasteiger partial charge in [-0.15, -0.1) is 0 Å². The number of furan rings is 1. The number of ether oxygens (including phenoxy) is 1. The molecule has 0 atom stereocenters. The second-order valence-electron chi connectivity index (χ2n) is 16.0. The lowest BCUT2D eigenvalue weighted by Crippen LogP contribution is -2.22. The SMILES string of the molecule is C=C1/C=c2/oc3ccc(-c4cccc(-c5cc6ccccc6c6ccccc56)c4)cc3/c2=C/c2cc(-c3cccc(-c4cc5c(c6ccccc46)C=CCC5)c3)ccc2O1. The van der Waals surface area contributed by atoms with E-state index < -0.39 is 0 Å². The number of aryl methyl sites for hydroxylation is 1. The number of fused-ring (bicyclic) bond motifs is 10. The molecule has 0 spiro atoms. The molecule has 1 aliphatic carbocycles. The van der Waals surface area contributed by atoms with Gasteiger partial charge in [-0.1, -0.05) is 140 Å². The largest absolute Gasteiger partial charge is 0.457 e. The van der Waals surface area contributed by atoms with Crippen molar-refractivity contribution in [2.45, 2.75) is 12.8 Å². The Bertz CT molecular complexity index is 3600. The molecule has 282 valence electrons. The van der Waals surface area contributed by atoms with Crippen molar-refractivity contribution >= 4 is 61.5 Å². The van der Waals surface area contributed by atoms with Gasteiger partial charge in [0.25, 0.3) is 0 Å². The summed E-state index contributed by atoms with van der Waals surface area (Å²) in [5.74, 6) is 1.29. The average Bonchev–Trinajstić information content (AvgIpc) is 3.63. The summed E-state index contributed by atoms with van der Waals surface area (Å²) in [6.07, 6.45) is 10.8. The fourth-order valence-electron chi connectivity index (χ4n) is 9.54. The molecule has 0 fully saturated rings. The van der Waals surface area contributed by atoms with Crippen molar-refractivity contribution in [3.63, 3.8) is 0 Å². The van der Waals surface area contributed by atoms with Crippen LogP contribution in [-0.4, -0.2) is 0 Å². The monoisotopic (exact) mass is 766 g/mol. The lowest BCUT2D eigenvalue weighted by atomic mass is 9.86. The number of hydrogen-bond acceptors (Lipinski definition) is 2. The molecular formula is C58H38O2. The summed E-state index contributed by atoms with van der Waals surface area (Å²) >= 11 is 0. The number of benzene rings is 9. The van der Waals surface area contributed by atoms with Crippen LogP contribution in [0.1, 0.15) is 23.1 Å². The summed E-state index contributed by atoms with van der Waals surface area (Å²) in [7, 11) is 0. The highest BCUT2D eigenvalue weighted by Crippen LogP contribution is 2.39. The van der Waals surface area contributed by atoms with Gasteiger partial charge >= 0.3 is 0 Å². The van der Waals surface area contributed by atoms with Gasteiger partial charge in [-0.3, -0.25) is 0 Å². The standard InChI is InChI=1S/C58H38O2/c1-36-28-58-55(54-32-40(25-27-57(54)60-58)38-15-11-17-42(30-38)53-34-44-13-3-5-19-47(44)49-21-7-9-23-51(49)53)35-45-31-39(24-26-56(45)59-36)37-14-10-16-41(29-37)52-33-43-12-2-4-18-46(43)48-20-6-8-22-50(48)52/h3-11,13-35H,1-2,12H2/b55-35-,58-28+. The quantitative estimate of drug-likeness (QED) is 0.166. The first-order valence-electron chi connectivity index (χ1n) is 20.7. The van der Waals surface area contributed by atoms with Gasteiger partial charge in [0, 0.05) is 22.2 Å². The van der Waals surface area contributed by atoms with E-state index >= 15 is 0 Å². The lowest BCUT2D eigenvalue weighted by molar-refractivity contribution is 0.450. The fraction of sp³-hybridized carbons (Fsp3) is 0.0345. The van der Waals surface area contributed by atoms with Gasteiger partial charge in [0.2, 0.25) is 0 Å². The highest BCUT2D eigenvalue weighted by molar-refractivity contribution is 6.14. The van der Waals surface area contributed by atoms with Crippen molar-refractivity contribution < 1.29 is 9.15 Å². The molecule has 12 rings (SSSR count). The highest BCUT2D eigenvalue weighted by Gasteiger charge is 2.17. The lowest BCUT2D eigenvalue weighted by Gasteiger charge is -2.18. The molecule has 2 heterocycles. The van der Waals surface area contributed by atoms with E-state index in [9.17, 15) is 0 Å². The van der Waals surface area contributed by atoms with Crippen LogP contribution in [0.3, 0.4) is 0 Å². The van der Waals surface area contributed by atoms with E-state index in [1.165, 1.54) is 65.7 Å². The maximum absolute atomic E-state index is 6.51. The van der Waals surface area contributed by atoms with E-state index in [2.05, 4.69) is 195 Å². The first-order valence-corrected chi connectivity index (χ1v) is 20.7. The smallest absolute Gasteiger partial charge is 0.139 e. The summed E-state index contributed by atoms with van der Waals surface area (Å²) in [5, 5.41) is 9.68. The molecule has 0 N–H and O–H groups in total. The molecule has 10 aromatic rings. The van der Waals surface area contributed by atoms with Crippen LogP contribution in [0.15, 0.2) is 193 Å². The van der Waals surface area contributed by atoms with E-state index in [0.717, 1.165) is 68.0 Å². The third-order valence-electron chi connectivity index (χ3n) is 12.4. The molecule has 1 aromatic heterocycles. The Morgan fingerprint density at radius 1 is 0.467 bits per heavy atom. The van der Waals surface area contributed by atoms with Gasteiger partial charge < -0.3 is 9.15 Å². The first kappa shape index (κ1) is 34.4. The Morgan fingerprint density at radius 2 is 1.10 bits per heavy atom. The highest BCUT2D eigenvalue weighted by atomic mass is 16.5. The van der Waals surface area contributed by atoms with Crippen LogP contribution < -0.4 is 15.4 Å². The van der Waals surface area contributed by atoms with Gasteiger partial charge in [-0.25, -0.2) is 0 Å². The van der Waals surface area contributed by atoms with Crippen LogP contribution in [0.2, 0.25) is 0 Å². The number of allylic oxidation sites excluding steroid dienone is 2. The van der Waals surface area contributed by atoms with Crippen molar-refractivity contribution in [2.75, 3.05) is 0 Å². The van der Waals surface area contributed by atoms with Gasteiger partial charge in [0.1, 0.15) is 22.5 Å². The maximum atomic E-state index is 6.51. The Balaban J connectivity index is 0.964. The van der Waals surface area contributed by atoms with Crippen LogP contribution in [0, 0.1) is 0 Å². The second kappa shape index (κ2) is 13.7. The molecule has 0 saturated heterocycles. The van der Waals surface area contributed by atoms with Crippen LogP contribution in [0.5, 0.6) is 5.75 Å². The normalized spacial score (nSPS) is 14.4. The zero-order valence-corrected chi connectivity index (χ0v) is 32.9. The summed E-state index contributed by atoms with van der Waals surface area (Å²) in [5.41, 5.74) is 14.7. The molecule has 0 amide bonds. The van der Waals surface area contributed by atoms with E-state index in [0.29, 0.717) is 5.76 Å². The fourth-order valence-corrected chi connectivity index (χ4v) is 9.54. The third kappa shape index (κ3) is 5.72. The molecule has 60 heavy (non-hydrogen) atoms. The predicted molar refractivity (Wildman–Crippen MR) is 251 cm³/mol. The first-order chi connectivity index (χ1) is 29.6. The molecule has 1 aliphatic heterocycles. The van der Waals surface area contributed by atoms with E-state index in [1.807, 2.05) is 6.08 Å². The van der Waals surface area contributed by atoms with E-state index in [1.54, 1.807) is 0 Å². The molecule has 0 unspecified atom stereocenters. The summed E-state index contributed by atoms with van der Waals surface area (Å²) < 4.78 is 12.8. The van der Waals surface area contributed by atoms with Gasteiger partial charge in [0.15, 0.2) is 0 Å². The van der Waals surface area contributed by atoms with Crippen LogP contribution >= 0.6 is 0 Å². The molecule has 9 aromatic carbocycles. The van der Waals surface area contributed by atoms with Gasteiger partial charge in [-0.05, 0) is 155 Å². The van der Waals surface area contributed by atoms with Gasteiger partial charge in [0.05, 0.1) is 0 Å². The second-order valence-corrected chi connectivity index (χ2v) is 16.0. The van der Waals surface area contributed by atoms with Crippen molar-refractivity contribution in [3.05, 3.63) is 216 Å². The van der Waals surface area contributed by atoms with Crippen molar-refractivity contribution in [2.24, 2.45) is 0 Å². The summed E-state index contributed by atoms with van der Waals surface area (Å²) in [6, 6.07) is 61.7. The Hall–Kier alpha value is -7.68. The van der Waals surface area contributed by atoms with Crippen molar-refractivity contribution in [1.82, 2.24) is 0 Å². The average molecular weight is 767 g/mol. The zero-order chi connectivity index (χ0) is 39.7. The van der Waals surface area contributed by atoms with E-state index in [-0.39, 0.29) is 0 Å². The minimum atomic E-state index is 0.532. The van der Waals surface area contributed by atoms with Crippen LogP contribution in [0.25, 0.3) is 106 Å². The molecule has 0 bridgehead atoms. The Kier molecular flexibility index (Phi) is 7.86. The third-order valence-corrected chi connectivity index (χ3v) is 12.4. The molecular weight excluding hydrogens is 729 g/mol. The summed E-state index contributed by atoms with van der Waals surface area (Å²) in [6.45, 7) is 4.25. The van der Waals surface area contributed by atoms with Gasteiger partial charge in [-0.2, -0.15) is 0 Å². The minimum Gasteiger partial charge on any atom is -0.457 e. The minimum absolute atomic E-state index is 0.532. The molecule has 2 heteroatoms. The Labute approximate surface area is 348 Å². The Morgan fingerprint density at radius 3 is 1.90 bits per heavy atom. The number of hydrogen-bond donors (Lipinski definition) is 0. The van der Waals surface area contributed by atoms with E-state index in [4.69, 9.17) is 9.15 Å².